The zero-order valence-corrected chi connectivity index (χ0v) is 22.5. The lowest BCUT2D eigenvalue weighted by Gasteiger charge is -2.34. The summed E-state index contributed by atoms with van der Waals surface area (Å²) >= 11 is 3.42. The first-order chi connectivity index (χ1) is 17.6. The lowest BCUT2D eigenvalue weighted by molar-refractivity contribution is 0.111. The molecule has 0 unspecified atom stereocenters. The smallest absolute Gasteiger partial charge is 0.200 e. The standard InChI is InChI=1S/C29H37BrN2O4/c30-24-9-7-23(8-10-24)27-22-36-28-21-25(11-12-26(28)29(27)34)35-20-6-4-2-1-3-5-13-31-14-16-32(17-15-31)18-19-33/h7-12,21-22,33H,1-6,13-20H2. The van der Waals surface area contributed by atoms with Crippen molar-refractivity contribution >= 4 is 26.9 Å². The fourth-order valence-corrected chi connectivity index (χ4v) is 5.00. The highest BCUT2D eigenvalue weighted by atomic mass is 79.9. The van der Waals surface area contributed by atoms with Crippen molar-refractivity contribution in [3.05, 3.63) is 63.4 Å². The molecule has 1 saturated heterocycles. The molecule has 6 nitrogen and oxygen atoms in total. The van der Waals surface area contributed by atoms with Gasteiger partial charge in [0.1, 0.15) is 17.6 Å². The number of piperazine rings is 1. The number of unbranched alkanes of at least 4 members (excludes halogenated alkanes) is 5. The van der Waals surface area contributed by atoms with Crippen molar-refractivity contribution in [2.45, 2.75) is 38.5 Å². The topological polar surface area (TPSA) is 66.2 Å². The molecule has 2 heterocycles. The molecule has 1 aromatic heterocycles. The van der Waals surface area contributed by atoms with E-state index in [1.54, 1.807) is 6.07 Å². The summed E-state index contributed by atoms with van der Waals surface area (Å²) in [5.74, 6) is 0.737. The third-order valence-corrected chi connectivity index (χ3v) is 7.45. The largest absolute Gasteiger partial charge is 0.493 e. The molecule has 0 atom stereocenters. The first-order valence-corrected chi connectivity index (χ1v) is 13.9. The highest BCUT2D eigenvalue weighted by Crippen LogP contribution is 2.24. The van der Waals surface area contributed by atoms with Crippen LogP contribution in [0.15, 0.2) is 62.4 Å². The Hall–Kier alpha value is -2.19. The minimum absolute atomic E-state index is 0.0333. The second-order valence-electron chi connectivity index (χ2n) is 9.52. The summed E-state index contributed by atoms with van der Waals surface area (Å²) in [6.07, 6.45) is 8.78. The van der Waals surface area contributed by atoms with Crippen LogP contribution in [0, 0.1) is 0 Å². The zero-order valence-electron chi connectivity index (χ0n) is 21.0. The molecule has 0 aliphatic carbocycles. The molecular weight excluding hydrogens is 520 g/mol. The van der Waals surface area contributed by atoms with E-state index in [9.17, 15) is 4.79 Å². The van der Waals surface area contributed by atoms with E-state index in [1.165, 1.54) is 44.9 Å². The van der Waals surface area contributed by atoms with Gasteiger partial charge < -0.3 is 19.2 Å². The average molecular weight is 558 g/mol. The Morgan fingerprint density at radius 2 is 1.53 bits per heavy atom. The van der Waals surface area contributed by atoms with Gasteiger partial charge in [0.05, 0.1) is 24.2 Å². The Morgan fingerprint density at radius 1 is 0.861 bits per heavy atom. The van der Waals surface area contributed by atoms with E-state index in [-0.39, 0.29) is 12.0 Å². The highest BCUT2D eigenvalue weighted by Gasteiger charge is 2.15. The molecule has 0 bridgehead atoms. The van der Waals surface area contributed by atoms with Crippen molar-refractivity contribution in [2.24, 2.45) is 0 Å². The van der Waals surface area contributed by atoms with Gasteiger partial charge in [0.2, 0.25) is 0 Å². The van der Waals surface area contributed by atoms with Gasteiger partial charge in [0, 0.05) is 43.3 Å². The third-order valence-electron chi connectivity index (χ3n) is 6.92. The van der Waals surface area contributed by atoms with Crippen LogP contribution in [0.4, 0.5) is 0 Å². The number of nitrogens with zero attached hydrogens (tertiary/aromatic N) is 2. The maximum atomic E-state index is 12.9. The SMILES string of the molecule is O=c1c(-c2ccc(Br)cc2)coc2cc(OCCCCCCCCN3CCN(CCO)CC3)ccc12. The summed E-state index contributed by atoms with van der Waals surface area (Å²) in [5.41, 5.74) is 1.91. The molecule has 1 N–H and O–H groups in total. The molecule has 7 heteroatoms. The molecular formula is C29H37BrN2O4. The minimum Gasteiger partial charge on any atom is -0.493 e. The molecule has 1 aliphatic heterocycles. The monoisotopic (exact) mass is 556 g/mol. The molecule has 0 spiro atoms. The summed E-state index contributed by atoms with van der Waals surface area (Å²) in [6, 6.07) is 13.1. The molecule has 3 aromatic rings. The first kappa shape index (κ1) is 26.9. The fourth-order valence-electron chi connectivity index (χ4n) is 4.74. The lowest BCUT2D eigenvalue weighted by Crippen LogP contribution is -2.47. The molecule has 4 rings (SSSR count). The number of fused-ring (bicyclic) bond motifs is 1. The predicted octanol–water partition coefficient (Wildman–Crippen LogP) is 5.55. The molecule has 36 heavy (non-hydrogen) atoms. The van der Waals surface area contributed by atoms with Gasteiger partial charge in [-0.25, -0.2) is 0 Å². The zero-order chi connectivity index (χ0) is 25.2. The number of rotatable bonds is 13. The van der Waals surface area contributed by atoms with E-state index in [4.69, 9.17) is 14.3 Å². The van der Waals surface area contributed by atoms with Gasteiger partial charge in [0.25, 0.3) is 0 Å². The number of hydrogen-bond acceptors (Lipinski definition) is 6. The van der Waals surface area contributed by atoms with Crippen LogP contribution in [0.2, 0.25) is 0 Å². The molecule has 194 valence electrons. The van der Waals surface area contributed by atoms with Gasteiger partial charge in [-0.2, -0.15) is 0 Å². The van der Waals surface area contributed by atoms with Gasteiger partial charge in [-0.3, -0.25) is 9.69 Å². The summed E-state index contributed by atoms with van der Waals surface area (Å²) in [4.78, 5) is 17.8. The number of aliphatic hydroxyl groups is 1. The number of benzene rings is 2. The second-order valence-corrected chi connectivity index (χ2v) is 10.4. The summed E-state index contributed by atoms with van der Waals surface area (Å²) < 4.78 is 12.7. The second kappa shape index (κ2) is 13.9. The molecule has 0 saturated carbocycles. The average Bonchev–Trinajstić information content (AvgIpc) is 2.90. The number of ether oxygens (including phenoxy) is 1. The normalized spacial score (nSPS) is 14.9. The maximum Gasteiger partial charge on any atom is 0.200 e. The Bertz CT molecular complexity index is 1140. The van der Waals surface area contributed by atoms with Crippen molar-refractivity contribution in [2.75, 3.05) is 52.5 Å². The Labute approximate surface area is 222 Å². The van der Waals surface area contributed by atoms with E-state index in [0.717, 1.165) is 54.9 Å². The van der Waals surface area contributed by atoms with E-state index in [2.05, 4.69) is 25.7 Å². The summed E-state index contributed by atoms with van der Waals surface area (Å²) in [7, 11) is 0. The van der Waals surface area contributed by atoms with E-state index in [0.29, 0.717) is 23.1 Å². The van der Waals surface area contributed by atoms with E-state index in [1.807, 2.05) is 36.4 Å². The molecule has 0 amide bonds. The van der Waals surface area contributed by atoms with Crippen LogP contribution in [0.1, 0.15) is 38.5 Å². The van der Waals surface area contributed by atoms with E-state index >= 15 is 0 Å². The van der Waals surface area contributed by atoms with Crippen molar-refractivity contribution < 1.29 is 14.3 Å². The highest BCUT2D eigenvalue weighted by molar-refractivity contribution is 9.10. The number of hydrogen-bond donors (Lipinski definition) is 1. The van der Waals surface area contributed by atoms with E-state index < -0.39 is 0 Å². The van der Waals surface area contributed by atoms with Gasteiger partial charge in [-0.05, 0) is 49.2 Å². The number of aliphatic hydroxyl groups excluding tert-OH is 1. The summed E-state index contributed by atoms with van der Waals surface area (Å²) in [6.45, 7) is 7.35. The van der Waals surface area contributed by atoms with Crippen LogP contribution >= 0.6 is 15.9 Å². The quantitative estimate of drug-likeness (QED) is 0.278. The van der Waals surface area contributed by atoms with Crippen LogP contribution in [0.25, 0.3) is 22.1 Å². The van der Waals surface area contributed by atoms with Crippen molar-refractivity contribution in [1.29, 1.82) is 0 Å². The van der Waals surface area contributed by atoms with Gasteiger partial charge in [-0.15, -0.1) is 0 Å². The summed E-state index contributed by atoms with van der Waals surface area (Å²) in [5, 5.41) is 9.60. The Morgan fingerprint density at radius 3 is 2.25 bits per heavy atom. The van der Waals surface area contributed by atoms with Crippen LogP contribution in [-0.2, 0) is 0 Å². The van der Waals surface area contributed by atoms with Crippen molar-refractivity contribution in [1.82, 2.24) is 9.80 Å². The third kappa shape index (κ3) is 7.65. The number of β-amino-alcohol motifs (C(OH)–C–C–N with tert-alkyl or cyclic N) is 1. The van der Waals surface area contributed by atoms with Gasteiger partial charge in [0.15, 0.2) is 5.43 Å². The molecule has 1 fully saturated rings. The lowest BCUT2D eigenvalue weighted by atomic mass is 10.1. The Kier molecular flexibility index (Phi) is 10.4. The first-order valence-electron chi connectivity index (χ1n) is 13.1. The maximum absolute atomic E-state index is 12.9. The van der Waals surface area contributed by atoms with Crippen LogP contribution in [0.5, 0.6) is 5.75 Å². The predicted molar refractivity (Wildman–Crippen MR) is 149 cm³/mol. The fraction of sp³-hybridized carbons (Fsp3) is 0.483. The molecule has 1 aliphatic rings. The van der Waals surface area contributed by atoms with Crippen molar-refractivity contribution in [3.8, 4) is 16.9 Å². The molecule has 2 aromatic carbocycles. The van der Waals surface area contributed by atoms with Gasteiger partial charge in [-0.1, -0.05) is 53.7 Å². The van der Waals surface area contributed by atoms with Crippen LogP contribution in [0.3, 0.4) is 0 Å². The Balaban J connectivity index is 1.12. The number of halogens is 1. The van der Waals surface area contributed by atoms with Crippen LogP contribution in [-0.4, -0.2) is 67.4 Å². The van der Waals surface area contributed by atoms with Gasteiger partial charge >= 0.3 is 0 Å². The molecule has 0 radical (unpaired) electrons. The minimum atomic E-state index is -0.0333. The van der Waals surface area contributed by atoms with Crippen molar-refractivity contribution in [3.63, 3.8) is 0 Å². The van der Waals surface area contributed by atoms with Crippen LogP contribution < -0.4 is 10.2 Å².